The van der Waals surface area contributed by atoms with Crippen LogP contribution in [0.15, 0.2) is 41.1 Å². The summed E-state index contributed by atoms with van der Waals surface area (Å²) in [6.45, 7) is 2.94. The van der Waals surface area contributed by atoms with Crippen LogP contribution in [0.4, 0.5) is 0 Å². The van der Waals surface area contributed by atoms with Crippen molar-refractivity contribution in [3.63, 3.8) is 0 Å². The van der Waals surface area contributed by atoms with Gasteiger partial charge < -0.3 is 4.74 Å². The third kappa shape index (κ3) is 2.98. The van der Waals surface area contributed by atoms with Crippen molar-refractivity contribution < 1.29 is 9.53 Å². The van der Waals surface area contributed by atoms with E-state index in [1.807, 2.05) is 37.3 Å². The van der Waals surface area contributed by atoms with Crippen molar-refractivity contribution in [3.8, 4) is 0 Å². The van der Waals surface area contributed by atoms with Crippen molar-refractivity contribution in [2.75, 3.05) is 0 Å². The topological polar surface area (TPSA) is 44.1 Å². The summed E-state index contributed by atoms with van der Waals surface area (Å²) >= 11 is 3.25. The fraction of sp³-hybridized carbons (Fsp3) is 0.231. The van der Waals surface area contributed by atoms with Gasteiger partial charge in [-0.3, -0.25) is 4.68 Å². The third-order valence-corrected chi connectivity index (χ3v) is 3.06. The van der Waals surface area contributed by atoms with E-state index in [9.17, 15) is 4.79 Å². The zero-order valence-electron chi connectivity index (χ0n) is 9.97. The Hall–Kier alpha value is -1.62. The third-order valence-electron chi connectivity index (χ3n) is 2.47. The van der Waals surface area contributed by atoms with Crippen LogP contribution in [0.25, 0.3) is 0 Å². The van der Waals surface area contributed by atoms with Gasteiger partial charge in [-0.05, 0) is 28.4 Å². The lowest BCUT2D eigenvalue weighted by atomic mass is 10.2. The van der Waals surface area contributed by atoms with Gasteiger partial charge in [0.1, 0.15) is 16.8 Å². The van der Waals surface area contributed by atoms with Crippen molar-refractivity contribution >= 4 is 21.9 Å². The molecule has 0 aliphatic heterocycles. The summed E-state index contributed by atoms with van der Waals surface area (Å²) in [7, 11) is 0. The number of benzene rings is 1. The zero-order valence-corrected chi connectivity index (χ0v) is 11.6. The highest BCUT2D eigenvalue weighted by molar-refractivity contribution is 9.10. The van der Waals surface area contributed by atoms with E-state index in [0.29, 0.717) is 16.7 Å². The second-order valence-electron chi connectivity index (χ2n) is 3.75. The Morgan fingerprint density at radius 2 is 2.11 bits per heavy atom. The molecule has 1 aromatic carbocycles. The van der Waals surface area contributed by atoms with Crippen LogP contribution in [0.2, 0.25) is 0 Å². The minimum absolute atomic E-state index is 0.267. The van der Waals surface area contributed by atoms with Gasteiger partial charge >= 0.3 is 5.97 Å². The number of aryl methyl sites for hydroxylation is 1. The van der Waals surface area contributed by atoms with Crippen LogP contribution in [0.5, 0.6) is 0 Å². The van der Waals surface area contributed by atoms with Crippen molar-refractivity contribution in [1.82, 2.24) is 9.78 Å². The van der Waals surface area contributed by atoms with E-state index >= 15 is 0 Å². The summed E-state index contributed by atoms with van der Waals surface area (Å²) in [5.41, 5.74) is 1.41. The first-order chi connectivity index (χ1) is 8.70. The van der Waals surface area contributed by atoms with Crippen LogP contribution in [0.3, 0.4) is 0 Å². The number of hydrogen-bond donors (Lipinski definition) is 0. The van der Waals surface area contributed by atoms with Crippen LogP contribution in [-0.2, 0) is 17.9 Å². The summed E-state index contributed by atoms with van der Waals surface area (Å²) in [6, 6.07) is 9.57. The van der Waals surface area contributed by atoms with Crippen LogP contribution in [0.1, 0.15) is 22.8 Å². The minimum Gasteiger partial charge on any atom is -0.457 e. The predicted octanol–water partition coefficient (Wildman–Crippen LogP) is 3.02. The van der Waals surface area contributed by atoms with E-state index in [2.05, 4.69) is 21.0 Å². The van der Waals surface area contributed by atoms with E-state index in [1.165, 1.54) is 0 Å². The molecule has 0 spiro atoms. The number of carbonyl (C=O) groups excluding carboxylic acids is 1. The van der Waals surface area contributed by atoms with Gasteiger partial charge in [0.25, 0.3) is 0 Å². The molecule has 0 saturated heterocycles. The number of hydrogen-bond acceptors (Lipinski definition) is 3. The fourth-order valence-electron chi connectivity index (χ4n) is 1.50. The molecule has 1 aromatic heterocycles. The van der Waals surface area contributed by atoms with Gasteiger partial charge in [-0.2, -0.15) is 5.10 Å². The Morgan fingerprint density at radius 1 is 1.39 bits per heavy atom. The first-order valence-corrected chi connectivity index (χ1v) is 6.44. The maximum atomic E-state index is 11.9. The van der Waals surface area contributed by atoms with Gasteiger partial charge in [0.2, 0.25) is 0 Å². The number of halogens is 1. The van der Waals surface area contributed by atoms with Crippen LogP contribution in [0, 0.1) is 0 Å². The summed E-state index contributed by atoms with van der Waals surface area (Å²) in [4.78, 5) is 11.9. The van der Waals surface area contributed by atoms with Crippen LogP contribution in [-0.4, -0.2) is 15.7 Å². The second-order valence-corrected chi connectivity index (χ2v) is 4.50. The van der Waals surface area contributed by atoms with E-state index in [-0.39, 0.29) is 12.6 Å². The highest BCUT2D eigenvalue weighted by Gasteiger charge is 2.15. The van der Waals surface area contributed by atoms with Crippen molar-refractivity contribution in [3.05, 3.63) is 52.3 Å². The lowest BCUT2D eigenvalue weighted by Crippen LogP contribution is -2.05. The molecule has 94 valence electrons. The van der Waals surface area contributed by atoms with Gasteiger partial charge in [0, 0.05) is 12.7 Å². The van der Waals surface area contributed by atoms with Gasteiger partial charge in [-0.1, -0.05) is 30.3 Å². The lowest BCUT2D eigenvalue weighted by molar-refractivity contribution is 0.0471. The summed E-state index contributed by atoms with van der Waals surface area (Å²) in [6.07, 6.45) is 1.68. The lowest BCUT2D eigenvalue weighted by Gasteiger charge is -2.03. The molecule has 0 N–H and O–H groups in total. The van der Waals surface area contributed by atoms with Gasteiger partial charge in [0.15, 0.2) is 0 Å². The second kappa shape index (κ2) is 5.82. The highest BCUT2D eigenvalue weighted by Crippen LogP contribution is 2.16. The molecule has 0 unspecified atom stereocenters. The molecule has 0 fully saturated rings. The van der Waals surface area contributed by atoms with E-state index < -0.39 is 0 Å². The Labute approximate surface area is 114 Å². The average molecular weight is 309 g/mol. The molecule has 1 heterocycles. The number of esters is 1. The van der Waals surface area contributed by atoms with Crippen molar-refractivity contribution in [2.45, 2.75) is 20.1 Å². The minimum atomic E-state index is -0.370. The number of aromatic nitrogens is 2. The molecule has 18 heavy (non-hydrogen) atoms. The van der Waals surface area contributed by atoms with Crippen LogP contribution >= 0.6 is 15.9 Å². The van der Waals surface area contributed by atoms with Crippen molar-refractivity contribution in [1.29, 1.82) is 0 Å². The summed E-state index contributed by atoms with van der Waals surface area (Å²) in [5.74, 6) is -0.370. The first-order valence-electron chi connectivity index (χ1n) is 5.64. The number of carbonyl (C=O) groups is 1. The Bertz CT molecular complexity index is 537. The molecule has 4 nitrogen and oxygen atoms in total. The number of nitrogens with zero attached hydrogens (tertiary/aromatic N) is 2. The molecule has 0 aliphatic rings. The smallest absolute Gasteiger partial charge is 0.342 e. The normalized spacial score (nSPS) is 10.3. The first kappa shape index (κ1) is 12.8. The van der Waals surface area contributed by atoms with Gasteiger partial charge in [-0.25, -0.2) is 4.79 Å². The van der Waals surface area contributed by atoms with E-state index in [0.717, 1.165) is 5.56 Å². The Morgan fingerprint density at radius 3 is 2.72 bits per heavy atom. The van der Waals surface area contributed by atoms with Gasteiger partial charge in [0.05, 0.1) is 0 Å². The van der Waals surface area contributed by atoms with Crippen molar-refractivity contribution in [2.24, 2.45) is 0 Å². The predicted molar refractivity (Wildman–Crippen MR) is 71.2 cm³/mol. The summed E-state index contributed by atoms with van der Waals surface area (Å²) < 4.78 is 7.43. The molecule has 2 rings (SSSR count). The fourth-order valence-corrected chi connectivity index (χ4v) is 1.97. The molecule has 0 aliphatic carbocycles. The molecule has 0 amide bonds. The van der Waals surface area contributed by atoms with Crippen LogP contribution < -0.4 is 0 Å². The Kier molecular flexibility index (Phi) is 4.15. The molecular weight excluding hydrogens is 296 g/mol. The number of rotatable bonds is 4. The zero-order chi connectivity index (χ0) is 13.0. The maximum Gasteiger partial charge on any atom is 0.342 e. The maximum absolute atomic E-state index is 11.9. The average Bonchev–Trinajstić information content (AvgIpc) is 2.78. The molecule has 0 radical (unpaired) electrons. The highest BCUT2D eigenvalue weighted by atomic mass is 79.9. The quantitative estimate of drug-likeness (QED) is 0.816. The van der Waals surface area contributed by atoms with E-state index in [1.54, 1.807) is 10.9 Å². The molecule has 5 heteroatoms. The van der Waals surface area contributed by atoms with E-state index in [4.69, 9.17) is 4.74 Å². The molecule has 2 aromatic rings. The largest absolute Gasteiger partial charge is 0.457 e. The molecule has 0 atom stereocenters. The van der Waals surface area contributed by atoms with Gasteiger partial charge in [-0.15, -0.1) is 0 Å². The standard InChI is InChI=1S/C13H13BrN2O2/c1-2-16-8-11(12(14)15-16)13(17)18-9-10-6-4-3-5-7-10/h3-8H,2,9H2,1H3. The molecule has 0 bridgehead atoms. The SMILES string of the molecule is CCn1cc(C(=O)OCc2ccccc2)c(Br)n1. The number of ether oxygens (including phenoxy) is 1. The summed E-state index contributed by atoms with van der Waals surface area (Å²) in [5, 5.41) is 4.14. The molecule has 0 saturated carbocycles. The Balaban J connectivity index is 2.01. The monoisotopic (exact) mass is 308 g/mol. The molecular formula is C13H13BrN2O2.